The highest BCUT2D eigenvalue weighted by Gasteiger charge is 2.40. The molecule has 2 amide bonds. The predicted molar refractivity (Wildman–Crippen MR) is 107 cm³/mol. The number of carbonyl (C=O) groups is 2. The molecular weight excluding hydrogens is 431 g/mol. The summed E-state index contributed by atoms with van der Waals surface area (Å²) >= 11 is 0. The van der Waals surface area contributed by atoms with Crippen LogP contribution in [0.1, 0.15) is 18.4 Å². The van der Waals surface area contributed by atoms with Crippen molar-refractivity contribution in [1.29, 1.82) is 0 Å². The molecule has 2 heterocycles. The van der Waals surface area contributed by atoms with Crippen molar-refractivity contribution >= 4 is 28.9 Å². The lowest BCUT2D eigenvalue weighted by Crippen LogP contribution is -2.41. The Morgan fingerprint density at radius 1 is 1.25 bits per heavy atom. The first-order valence-electron chi connectivity index (χ1n) is 9.88. The number of carbonyl (C=O) groups excluding carboxylic acids is 2. The van der Waals surface area contributed by atoms with Crippen LogP contribution in [0.15, 0.2) is 36.4 Å². The van der Waals surface area contributed by atoms with Gasteiger partial charge in [-0.15, -0.1) is 0 Å². The Morgan fingerprint density at radius 2 is 2.03 bits per heavy atom. The highest BCUT2D eigenvalue weighted by atomic mass is 19.3. The van der Waals surface area contributed by atoms with Crippen LogP contribution >= 0.6 is 0 Å². The van der Waals surface area contributed by atoms with Crippen LogP contribution in [0, 0.1) is 21.8 Å². The molecule has 168 valence electrons. The number of nitro groups is 1. The molecule has 0 aliphatic carbocycles. The van der Waals surface area contributed by atoms with Crippen LogP contribution in [-0.4, -0.2) is 36.4 Å². The number of nitrogens with zero attached hydrogens (tertiary/aromatic N) is 3. The fourth-order valence-corrected chi connectivity index (χ4v) is 4.18. The van der Waals surface area contributed by atoms with E-state index in [9.17, 15) is 32.9 Å². The Hall–Kier alpha value is -3.63. The van der Waals surface area contributed by atoms with E-state index in [1.54, 1.807) is 12.1 Å². The molecule has 1 fully saturated rings. The fourth-order valence-electron chi connectivity index (χ4n) is 4.18. The number of anilines is 2. The minimum Gasteiger partial charge on any atom is -0.433 e. The molecule has 11 heteroatoms. The van der Waals surface area contributed by atoms with Crippen LogP contribution in [0.2, 0.25) is 0 Å². The molecule has 0 spiro atoms. The lowest BCUT2D eigenvalue weighted by Gasteiger charge is -2.32. The van der Waals surface area contributed by atoms with Crippen molar-refractivity contribution in [3.63, 3.8) is 0 Å². The van der Waals surface area contributed by atoms with E-state index in [4.69, 9.17) is 0 Å². The highest BCUT2D eigenvalue weighted by molar-refractivity contribution is 6.05. The third-order valence-corrected chi connectivity index (χ3v) is 5.57. The van der Waals surface area contributed by atoms with Gasteiger partial charge in [0, 0.05) is 25.6 Å². The molecule has 4 rings (SSSR count). The van der Waals surface area contributed by atoms with E-state index in [0.717, 1.165) is 12.1 Å². The van der Waals surface area contributed by atoms with E-state index in [1.165, 1.54) is 21.9 Å². The molecule has 0 aromatic heterocycles. The van der Waals surface area contributed by atoms with Crippen molar-refractivity contribution in [2.24, 2.45) is 5.92 Å². The van der Waals surface area contributed by atoms with Crippen LogP contribution < -0.4 is 14.5 Å². The topological polar surface area (TPSA) is 93.0 Å². The van der Waals surface area contributed by atoms with Gasteiger partial charge in [-0.25, -0.2) is 0 Å². The van der Waals surface area contributed by atoms with E-state index in [0.29, 0.717) is 18.4 Å². The van der Waals surface area contributed by atoms with Crippen molar-refractivity contribution in [2.45, 2.75) is 25.9 Å². The molecule has 2 aliphatic heterocycles. The number of nitro benzene ring substituents is 1. The van der Waals surface area contributed by atoms with Gasteiger partial charge in [0.05, 0.1) is 22.2 Å². The first-order chi connectivity index (χ1) is 15.3. The monoisotopic (exact) mass is 449 g/mol. The Kier molecular flexibility index (Phi) is 5.72. The zero-order valence-electron chi connectivity index (χ0n) is 16.7. The minimum absolute atomic E-state index is 0.0653. The van der Waals surface area contributed by atoms with Crippen LogP contribution in [0.25, 0.3) is 0 Å². The van der Waals surface area contributed by atoms with Gasteiger partial charge in [0.25, 0.3) is 0 Å². The molecule has 8 nitrogen and oxygen atoms in total. The number of rotatable bonds is 5. The summed E-state index contributed by atoms with van der Waals surface area (Å²) in [7, 11) is 0. The number of para-hydroxylation sites is 1. The number of alkyl halides is 2. The summed E-state index contributed by atoms with van der Waals surface area (Å²) < 4.78 is 44.0. The molecule has 2 aromatic carbocycles. The van der Waals surface area contributed by atoms with Crippen molar-refractivity contribution in [3.8, 4) is 5.75 Å². The van der Waals surface area contributed by atoms with Gasteiger partial charge in [-0.3, -0.25) is 19.7 Å². The second-order valence-corrected chi connectivity index (χ2v) is 7.53. The SMILES string of the molecule is O=C1CC(C(=O)N2CCCc3cccc(OC(F)F)c32)CN1c1ccc(F)c([N+](=O)[O-])c1. The molecule has 32 heavy (non-hydrogen) atoms. The Balaban J connectivity index is 1.60. The van der Waals surface area contributed by atoms with Gasteiger partial charge >= 0.3 is 12.3 Å². The van der Waals surface area contributed by atoms with Crippen molar-refractivity contribution in [1.82, 2.24) is 0 Å². The normalized spacial score (nSPS) is 18.1. The maximum absolute atomic E-state index is 13.7. The summed E-state index contributed by atoms with van der Waals surface area (Å²) in [5, 5.41) is 11.0. The van der Waals surface area contributed by atoms with Gasteiger partial charge < -0.3 is 14.5 Å². The molecule has 2 aromatic rings. The summed E-state index contributed by atoms with van der Waals surface area (Å²) in [6.07, 6.45) is 1.05. The fraction of sp³-hybridized carbons (Fsp3) is 0.333. The first-order valence-corrected chi connectivity index (χ1v) is 9.88. The molecule has 2 aliphatic rings. The quantitative estimate of drug-likeness (QED) is 0.513. The molecule has 0 radical (unpaired) electrons. The number of benzene rings is 2. The average Bonchev–Trinajstić information content (AvgIpc) is 3.14. The molecule has 1 atom stereocenters. The van der Waals surface area contributed by atoms with Gasteiger partial charge in [-0.2, -0.15) is 13.2 Å². The number of amides is 2. The van der Waals surface area contributed by atoms with Crippen molar-refractivity contribution in [2.75, 3.05) is 22.9 Å². The molecular formula is C21H18F3N3O5. The number of halogens is 3. The Morgan fingerprint density at radius 3 is 2.75 bits per heavy atom. The smallest absolute Gasteiger partial charge is 0.387 e. The van der Waals surface area contributed by atoms with Gasteiger partial charge in [0.15, 0.2) is 0 Å². The summed E-state index contributed by atoms with van der Waals surface area (Å²) in [6.45, 7) is -2.84. The molecule has 0 N–H and O–H groups in total. The highest BCUT2D eigenvalue weighted by Crippen LogP contribution is 2.39. The summed E-state index contributed by atoms with van der Waals surface area (Å²) in [6, 6.07) is 7.75. The second-order valence-electron chi connectivity index (χ2n) is 7.53. The van der Waals surface area contributed by atoms with E-state index in [1.807, 2.05) is 0 Å². The first kappa shape index (κ1) is 21.6. The molecule has 1 saturated heterocycles. The van der Waals surface area contributed by atoms with E-state index >= 15 is 0 Å². The lowest BCUT2D eigenvalue weighted by molar-refractivity contribution is -0.387. The maximum atomic E-state index is 13.7. The number of ether oxygens (including phenoxy) is 1. The standard InChI is InChI=1S/C21H18F3N3O5/c22-15-7-6-14(10-16(15)27(30)31)26-11-13(9-18(26)28)20(29)25-8-2-4-12-3-1-5-17(19(12)25)32-21(23)24/h1,3,5-7,10,13,21H,2,4,8-9,11H2. The summed E-state index contributed by atoms with van der Waals surface area (Å²) in [5.41, 5.74) is 0.299. The molecule has 0 bridgehead atoms. The largest absolute Gasteiger partial charge is 0.433 e. The van der Waals surface area contributed by atoms with Crippen LogP contribution in [0.5, 0.6) is 5.75 Å². The molecule has 1 unspecified atom stereocenters. The third-order valence-electron chi connectivity index (χ3n) is 5.57. The van der Waals surface area contributed by atoms with E-state index < -0.39 is 40.8 Å². The zero-order valence-corrected chi connectivity index (χ0v) is 16.7. The minimum atomic E-state index is -3.06. The summed E-state index contributed by atoms with van der Waals surface area (Å²) in [4.78, 5) is 38.5. The Bertz CT molecular complexity index is 1090. The number of hydrogen-bond acceptors (Lipinski definition) is 5. The van der Waals surface area contributed by atoms with Crippen LogP contribution in [0.3, 0.4) is 0 Å². The van der Waals surface area contributed by atoms with Gasteiger partial charge in [-0.05, 0) is 36.6 Å². The Labute approximate surface area is 180 Å². The van der Waals surface area contributed by atoms with E-state index in [2.05, 4.69) is 4.74 Å². The third kappa shape index (κ3) is 3.97. The van der Waals surface area contributed by atoms with Crippen LogP contribution in [-0.2, 0) is 16.0 Å². The second kappa shape index (κ2) is 8.48. The van der Waals surface area contributed by atoms with E-state index in [-0.39, 0.29) is 36.6 Å². The predicted octanol–water partition coefficient (Wildman–Crippen LogP) is 3.67. The van der Waals surface area contributed by atoms with Crippen LogP contribution in [0.4, 0.5) is 30.2 Å². The zero-order chi connectivity index (χ0) is 23.0. The average molecular weight is 449 g/mol. The van der Waals surface area contributed by atoms with Gasteiger partial charge in [-0.1, -0.05) is 12.1 Å². The van der Waals surface area contributed by atoms with Crippen molar-refractivity contribution in [3.05, 3.63) is 57.9 Å². The number of hydrogen-bond donors (Lipinski definition) is 0. The van der Waals surface area contributed by atoms with Gasteiger partial charge in [0.1, 0.15) is 5.75 Å². The lowest BCUT2D eigenvalue weighted by atomic mass is 9.98. The summed E-state index contributed by atoms with van der Waals surface area (Å²) in [5.74, 6) is -2.81. The number of aryl methyl sites for hydroxylation is 1. The molecule has 0 saturated carbocycles. The maximum Gasteiger partial charge on any atom is 0.387 e. The van der Waals surface area contributed by atoms with Gasteiger partial charge in [0.2, 0.25) is 17.6 Å². The van der Waals surface area contributed by atoms with Crippen molar-refractivity contribution < 1.29 is 32.4 Å². The number of fused-ring (bicyclic) bond motifs is 1.